The minimum atomic E-state index is -0.293. The first-order valence-corrected chi connectivity index (χ1v) is 5.65. The second-order valence-electron chi connectivity index (χ2n) is 3.64. The summed E-state index contributed by atoms with van der Waals surface area (Å²) < 4.78 is 13.6. The van der Waals surface area contributed by atoms with Crippen LogP contribution in [0.2, 0.25) is 0 Å². The number of hydrogen-bond donors (Lipinski definition) is 1. The summed E-state index contributed by atoms with van der Waals surface area (Å²) in [6, 6.07) is 4.90. The second kappa shape index (κ2) is 5.96. The summed E-state index contributed by atoms with van der Waals surface area (Å²) in [5.41, 5.74) is 0.812. The lowest BCUT2D eigenvalue weighted by molar-refractivity contribution is -0.127. The number of rotatable bonds is 4. The quantitative estimate of drug-likeness (QED) is 0.916. The van der Waals surface area contributed by atoms with Crippen LogP contribution in [0.3, 0.4) is 0 Å². The van der Waals surface area contributed by atoms with Crippen molar-refractivity contribution in [3.05, 3.63) is 34.1 Å². The van der Waals surface area contributed by atoms with Crippen molar-refractivity contribution in [1.29, 1.82) is 0 Å². The van der Waals surface area contributed by atoms with Gasteiger partial charge in [-0.15, -0.1) is 0 Å². The molecule has 0 saturated carbocycles. The highest BCUT2D eigenvalue weighted by atomic mass is 79.9. The molecule has 1 N–H and O–H groups in total. The van der Waals surface area contributed by atoms with Crippen molar-refractivity contribution < 1.29 is 9.18 Å². The first-order chi connectivity index (χ1) is 7.50. The number of carbonyl (C=O) groups excluding carboxylic acids is 1. The zero-order chi connectivity index (χ0) is 12.1. The lowest BCUT2D eigenvalue weighted by Gasteiger charge is -2.11. The number of nitrogens with one attached hydrogen (secondary N) is 1. The van der Waals surface area contributed by atoms with Gasteiger partial charge in [0.2, 0.25) is 5.91 Å². The topological polar surface area (TPSA) is 32.3 Å². The Morgan fingerprint density at radius 3 is 2.75 bits per heavy atom. The van der Waals surface area contributed by atoms with Crippen LogP contribution in [0.5, 0.6) is 0 Å². The summed E-state index contributed by atoms with van der Waals surface area (Å²) in [5.74, 6) is -0.296. The minimum Gasteiger partial charge on any atom is -0.348 e. The van der Waals surface area contributed by atoms with E-state index >= 15 is 0 Å². The van der Waals surface area contributed by atoms with E-state index in [9.17, 15) is 9.18 Å². The Kier molecular flexibility index (Phi) is 4.89. The van der Waals surface area contributed by atoms with Crippen molar-refractivity contribution in [1.82, 2.24) is 10.2 Å². The summed E-state index contributed by atoms with van der Waals surface area (Å²) in [5, 5.41) is 2.96. The second-order valence-corrected chi connectivity index (χ2v) is 4.49. The van der Waals surface area contributed by atoms with Crippen LogP contribution in [0.4, 0.5) is 4.39 Å². The fraction of sp³-hybridized carbons (Fsp3) is 0.364. The predicted octanol–water partition coefficient (Wildman–Crippen LogP) is 1.77. The van der Waals surface area contributed by atoms with Gasteiger partial charge in [-0.3, -0.25) is 4.79 Å². The first-order valence-electron chi connectivity index (χ1n) is 4.85. The first kappa shape index (κ1) is 13.1. The number of carbonyl (C=O) groups is 1. The van der Waals surface area contributed by atoms with Crippen LogP contribution < -0.4 is 5.32 Å². The standard InChI is InChI=1S/C11H14BrFN2O/c1-15(2)11(16)7-14-6-8-3-4-9(12)10(13)5-8/h3-5,14H,6-7H2,1-2H3. The Hall–Kier alpha value is -0.940. The number of likely N-dealkylation sites (N-methyl/N-ethyl adjacent to an activating group) is 1. The van der Waals surface area contributed by atoms with E-state index in [1.807, 2.05) is 0 Å². The molecule has 0 aliphatic heterocycles. The van der Waals surface area contributed by atoms with Crippen LogP contribution in [-0.2, 0) is 11.3 Å². The Balaban J connectivity index is 2.43. The maximum atomic E-state index is 13.1. The average Bonchev–Trinajstić information content (AvgIpc) is 2.23. The van der Waals surface area contributed by atoms with Crippen molar-refractivity contribution >= 4 is 21.8 Å². The largest absolute Gasteiger partial charge is 0.348 e. The molecule has 88 valence electrons. The fourth-order valence-electron chi connectivity index (χ4n) is 1.12. The summed E-state index contributed by atoms with van der Waals surface area (Å²) in [6.07, 6.45) is 0. The maximum Gasteiger partial charge on any atom is 0.236 e. The maximum absolute atomic E-state index is 13.1. The molecule has 0 bridgehead atoms. The monoisotopic (exact) mass is 288 g/mol. The molecule has 0 unspecified atom stereocenters. The van der Waals surface area contributed by atoms with Crippen molar-refractivity contribution in [3.8, 4) is 0 Å². The van der Waals surface area contributed by atoms with Gasteiger partial charge in [-0.1, -0.05) is 6.07 Å². The van der Waals surface area contributed by atoms with E-state index in [1.54, 1.807) is 26.2 Å². The molecule has 0 radical (unpaired) electrons. The highest BCUT2D eigenvalue weighted by Crippen LogP contribution is 2.16. The van der Waals surface area contributed by atoms with Crippen LogP contribution >= 0.6 is 15.9 Å². The molecule has 1 amide bonds. The van der Waals surface area contributed by atoms with Crippen molar-refractivity contribution in [2.45, 2.75) is 6.54 Å². The third kappa shape index (κ3) is 3.90. The molecule has 0 atom stereocenters. The smallest absolute Gasteiger partial charge is 0.236 e. The van der Waals surface area contributed by atoms with Crippen molar-refractivity contribution in [2.75, 3.05) is 20.6 Å². The summed E-state index contributed by atoms with van der Waals surface area (Å²) in [4.78, 5) is 12.7. The van der Waals surface area contributed by atoms with Crippen molar-refractivity contribution in [2.24, 2.45) is 0 Å². The lowest BCUT2D eigenvalue weighted by atomic mass is 10.2. The van der Waals surface area contributed by atoms with Crippen LogP contribution in [0.15, 0.2) is 22.7 Å². The molecule has 0 saturated heterocycles. The molecular weight excluding hydrogens is 275 g/mol. The van der Waals surface area contributed by atoms with Crippen LogP contribution in [0.25, 0.3) is 0 Å². The molecule has 0 aromatic heterocycles. The zero-order valence-corrected chi connectivity index (χ0v) is 10.8. The number of amides is 1. The number of benzene rings is 1. The van der Waals surface area contributed by atoms with Gasteiger partial charge in [0.15, 0.2) is 0 Å². The van der Waals surface area contributed by atoms with E-state index in [0.717, 1.165) is 5.56 Å². The predicted molar refractivity (Wildman–Crippen MR) is 64.5 cm³/mol. The summed E-state index contributed by atoms with van der Waals surface area (Å²) in [6.45, 7) is 0.731. The van der Waals surface area contributed by atoms with Gasteiger partial charge in [0, 0.05) is 20.6 Å². The van der Waals surface area contributed by atoms with Gasteiger partial charge in [0.1, 0.15) is 5.82 Å². The van der Waals surface area contributed by atoms with E-state index in [1.165, 1.54) is 11.0 Å². The van der Waals surface area contributed by atoms with E-state index in [0.29, 0.717) is 11.0 Å². The van der Waals surface area contributed by atoms with Gasteiger partial charge < -0.3 is 10.2 Å². The van der Waals surface area contributed by atoms with Crippen LogP contribution in [-0.4, -0.2) is 31.4 Å². The molecule has 0 aliphatic carbocycles. The molecule has 3 nitrogen and oxygen atoms in total. The van der Waals surface area contributed by atoms with E-state index in [-0.39, 0.29) is 18.3 Å². The molecule has 0 aliphatic rings. The molecule has 16 heavy (non-hydrogen) atoms. The highest BCUT2D eigenvalue weighted by Gasteiger charge is 2.04. The molecular formula is C11H14BrFN2O. The van der Waals surface area contributed by atoms with Gasteiger partial charge >= 0.3 is 0 Å². The van der Waals surface area contributed by atoms with E-state index in [2.05, 4.69) is 21.2 Å². The van der Waals surface area contributed by atoms with Gasteiger partial charge in [0.05, 0.1) is 11.0 Å². The lowest BCUT2D eigenvalue weighted by Crippen LogP contribution is -2.32. The number of halogens is 2. The van der Waals surface area contributed by atoms with Gasteiger partial charge in [-0.25, -0.2) is 4.39 Å². The van der Waals surface area contributed by atoms with Gasteiger partial charge in [-0.05, 0) is 33.6 Å². The van der Waals surface area contributed by atoms with Gasteiger partial charge in [-0.2, -0.15) is 0 Å². The molecule has 0 heterocycles. The van der Waals surface area contributed by atoms with E-state index in [4.69, 9.17) is 0 Å². The van der Waals surface area contributed by atoms with Crippen molar-refractivity contribution in [3.63, 3.8) is 0 Å². The van der Waals surface area contributed by atoms with Crippen LogP contribution in [0, 0.1) is 5.82 Å². The summed E-state index contributed by atoms with van der Waals surface area (Å²) in [7, 11) is 3.40. The third-order valence-corrected chi connectivity index (χ3v) is 2.73. The molecule has 1 aromatic carbocycles. The molecule has 1 aromatic rings. The van der Waals surface area contributed by atoms with Crippen LogP contribution in [0.1, 0.15) is 5.56 Å². The zero-order valence-electron chi connectivity index (χ0n) is 9.26. The molecule has 0 fully saturated rings. The average molecular weight is 289 g/mol. The Labute approximate surface area is 103 Å². The minimum absolute atomic E-state index is 0.00224. The Bertz CT molecular complexity index is 382. The third-order valence-electron chi connectivity index (χ3n) is 2.09. The number of hydrogen-bond acceptors (Lipinski definition) is 2. The number of nitrogens with zero attached hydrogens (tertiary/aromatic N) is 1. The molecule has 5 heteroatoms. The SMILES string of the molecule is CN(C)C(=O)CNCc1ccc(Br)c(F)c1. The Morgan fingerprint density at radius 1 is 1.50 bits per heavy atom. The highest BCUT2D eigenvalue weighted by molar-refractivity contribution is 9.10. The summed E-state index contributed by atoms with van der Waals surface area (Å²) >= 11 is 3.08. The molecule has 1 rings (SSSR count). The van der Waals surface area contributed by atoms with Gasteiger partial charge in [0.25, 0.3) is 0 Å². The normalized spacial score (nSPS) is 10.2. The Morgan fingerprint density at radius 2 is 2.19 bits per heavy atom. The molecule has 0 spiro atoms. The van der Waals surface area contributed by atoms with E-state index < -0.39 is 0 Å². The fourth-order valence-corrected chi connectivity index (χ4v) is 1.37.